The van der Waals surface area contributed by atoms with Crippen LogP contribution in [0.3, 0.4) is 0 Å². The van der Waals surface area contributed by atoms with Crippen molar-refractivity contribution in [2.75, 3.05) is 0 Å². The highest BCUT2D eigenvalue weighted by Crippen LogP contribution is 2.38. The first kappa shape index (κ1) is 31.5. The predicted octanol–water partition coefficient (Wildman–Crippen LogP) is 13.6. The van der Waals surface area contributed by atoms with E-state index in [2.05, 4.69) is 132 Å². The van der Waals surface area contributed by atoms with Gasteiger partial charge in [0.2, 0.25) is 0 Å². The molecule has 5 nitrogen and oxygen atoms in total. The van der Waals surface area contributed by atoms with Crippen molar-refractivity contribution in [3.63, 3.8) is 0 Å². The van der Waals surface area contributed by atoms with Crippen molar-refractivity contribution in [1.82, 2.24) is 14.5 Å². The van der Waals surface area contributed by atoms with Gasteiger partial charge in [-0.2, -0.15) is 0 Å². The molecule has 0 saturated carbocycles. The van der Waals surface area contributed by atoms with E-state index in [0.717, 1.165) is 83.2 Å². The van der Waals surface area contributed by atoms with Crippen LogP contribution in [0.4, 0.5) is 0 Å². The number of furan rings is 2. The van der Waals surface area contributed by atoms with Gasteiger partial charge in [-0.25, -0.2) is 0 Å². The van der Waals surface area contributed by atoms with Crippen LogP contribution < -0.4 is 0 Å². The molecule has 6 aromatic carbocycles. The molecular weight excluding hydrogens is 663 g/mol. The van der Waals surface area contributed by atoms with Gasteiger partial charge in [-0.05, 0) is 114 Å². The number of rotatable bonds is 4. The van der Waals surface area contributed by atoms with Gasteiger partial charge in [0, 0.05) is 50.4 Å². The Balaban J connectivity index is 0.00000117. The molecule has 0 atom stereocenters. The zero-order chi connectivity index (χ0) is 36.2. The van der Waals surface area contributed by atoms with E-state index in [1.54, 1.807) is 6.08 Å². The molecule has 11 rings (SSSR count). The summed E-state index contributed by atoms with van der Waals surface area (Å²) in [6, 6.07) is 52.9. The largest absolute Gasteiger partial charge is 0.456 e. The maximum absolute atomic E-state index is 6.35. The summed E-state index contributed by atoms with van der Waals surface area (Å²) in [7, 11) is 0. The Morgan fingerprint density at radius 2 is 0.870 bits per heavy atom. The number of hydrogen-bond acceptors (Lipinski definition) is 4. The number of nitrogens with zero attached hydrogens (tertiary/aromatic N) is 3. The quantitative estimate of drug-likeness (QED) is 0.172. The fourth-order valence-electron chi connectivity index (χ4n) is 7.69. The van der Waals surface area contributed by atoms with Crippen molar-refractivity contribution in [3.8, 4) is 39.3 Å². The maximum atomic E-state index is 6.35. The Hall–Kier alpha value is -7.24. The third kappa shape index (κ3) is 5.17. The predicted molar refractivity (Wildman–Crippen MR) is 223 cm³/mol. The third-order valence-electron chi connectivity index (χ3n) is 10.1. The second kappa shape index (κ2) is 12.8. The molecular formula is C49H33N3O2. The molecule has 0 radical (unpaired) electrons. The Kier molecular flexibility index (Phi) is 7.44. The lowest BCUT2D eigenvalue weighted by Gasteiger charge is -2.08. The molecule has 0 spiro atoms. The molecule has 0 saturated heterocycles. The van der Waals surface area contributed by atoms with Crippen molar-refractivity contribution >= 4 is 65.7 Å². The minimum absolute atomic E-state index is 0.815. The minimum atomic E-state index is 0.815. The highest BCUT2D eigenvalue weighted by Gasteiger charge is 2.16. The second-order valence-corrected chi connectivity index (χ2v) is 13.4. The molecule has 0 fully saturated rings. The number of hydrogen-bond donors (Lipinski definition) is 0. The van der Waals surface area contributed by atoms with Crippen LogP contribution >= 0.6 is 0 Å². The molecule has 0 aliphatic rings. The maximum Gasteiger partial charge on any atom is 0.135 e. The van der Waals surface area contributed by atoms with E-state index in [1.165, 1.54) is 21.8 Å². The molecule has 11 aromatic rings. The first-order valence-corrected chi connectivity index (χ1v) is 18.0. The van der Waals surface area contributed by atoms with E-state index >= 15 is 0 Å². The molecule has 5 heteroatoms. The van der Waals surface area contributed by atoms with E-state index in [4.69, 9.17) is 18.8 Å². The summed E-state index contributed by atoms with van der Waals surface area (Å²) in [5, 5.41) is 6.86. The SMILES string of the molecule is C=CC.c1ccc2c(c1)oc1ccc(-c3ccnc(-c4cc(-c5ccc6oc7ccc(-n8c9ccccc9c9ccccc98)cc7c6c5)ccn4)c3)cc12. The van der Waals surface area contributed by atoms with Gasteiger partial charge in [0.05, 0.1) is 22.4 Å². The number of aromatic nitrogens is 3. The highest BCUT2D eigenvalue weighted by molar-refractivity contribution is 6.11. The Morgan fingerprint density at radius 3 is 1.44 bits per heavy atom. The van der Waals surface area contributed by atoms with E-state index < -0.39 is 0 Å². The summed E-state index contributed by atoms with van der Waals surface area (Å²) >= 11 is 0. The molecule has 0 bridgehead atoms. The molecule has 256 valence electrons. The fraction of sp³-hybridized carbons (Fsp3) is 0.0204. The zero-order valence-corrected chi connectivity index (χ0v) is 29.5. The van der Waals surface area contributed by atoms with Gasteiger partial charge in [0.25, 0.3) is 0 Å². The van der Waals surface area contributed by atoms with E-state index in [1.807, 2.05) is 49.6 Å². The first-order chi connectivity index (χ1) is 26.7. The lowest BCUT2D eigenvalue weighted by Crippen LogP contribution is -1.93. The summed E-state index contributed by atoms with van der Waals surface area (Å²) in [4.78, 5) is 9.48. The van der Waals surface area contributed by atoms with Crippen LogP contribution in [-0.2, 0) is 0 Å². The first-order valence-electron chi connectivity index (χ1n) is 18.0. The third-order valence-corrected chi connectivity index (χ3v) is 10.1. The van der Waals surface area contributed by atoms with Gasteiger partial charge >= 0.3 is 0 Å². The van der Waals surface area contributed by atoms with Crippen LogP contribution in [0.5, 0.6) is 0 Å². The number of fused-ring (bicyclic) bond motifs is 9. The van der Waals surface area contributed by atoms with Gasteiger partial charge in [-0.15, -0.1) is 6.58 Å². The molecule has 5 aromatic heterocycles. The Morgan fingerprint density at radius 1 is 0.444 bits per heavy atom. The normalized spacial score (nSPS) is 11.5. The standard InChI is InChI=1S/C46H27N3O2.C3H6/c1-4-10-41-33(7-1)34-8-2-5-11-42(34)49(41)32-15-18-46-38(27-32)37-24-29(14-17-45(37)51-46)31-20-22-48-40(26-31)39-25-30(19-21-47-39)28-13-16-44-36(23-28)35-9-3-6-12-43(35)50-44;1-3-2/h1-27H;3H,1H2,2H3. The topological polar surface area (TPSA) is 57.0 Å². The highest BCUT2D eigenvalue weighted by atomic mass is 16.3. The van der Waals surface area contributed by atoms with Gasteiger partial charge < -0.3 is 13.4 Å². The number of para-hydroxylation sites is 3. The van der Waals surface area contributed by atoms with Crippen LogP contribution in [-0.4, -0.2) is 14.5 Å². The summed E-state index contributed by atoms with van der Waals surface area (Å²) in [5.41, 5.74) is 12.9. The van der Waals surface area contributed by atoms with E-state index in [-0.39, 0.29) is 0 Å². The van der Waals surface area contributed by atoms with Crippen LogP contribution in [0.2, 0.25) is 0 Å². The number of benzene rings is 6. The number of pyridine rings is 2. The molecule has 5 heterocycles. The van der Waals surface area contributed by atoms with Crippen LogP contribution in [0, 0.1) is 0 Å². The van der Waals surface area contributed by atoms with Crippen LogP contribution in [0.1, 0.15) is 6.92 Å². The lowest BCUT2D eigenvalue weighted by atomic mass is 10.0. The molecule has 0 N–H and O–H groups in total. The summed E-state index contributed by atoms with van der Waals surface area (Å²) in [6.07, 6.45) is 5.47. The van der Waals surface area contributed by atoms with Crippen molar-refractivity contribution in [2.45, 2.75) is 6.92 Å². The average Bonchev–Trinajstić information content (AvgIpc) is 3.90. The lowest BCUT2D eigenvalue weighted by molar-refractivity contribution is 0.668. The van der Waals surface area contributed by atoms with Gasteiger partial charge in [0.1, 0.15) is 22.3 Å². The fourth-order valence-corrected chi connectivity index (χ4v) is 7.69. The average molecular weight is 696 g/mol. The van der Waals surface area contributed by atoms with E-state index in [9.17, 15) is 0 Å². The summed E-state index contributed by atoms with van der Waals surface area (Å²) < 4.78 is 14.8. The van der Waals surface area contributed by atoms with Crippen molar-refractivity contribution in [3.05, 3.63) is 177 Å². The Bertz CT molecular complexity index is 3160. The van der Waals surface area contributed by atoms with Gasteiger partial charge in [0.15, 0.2) is 0 Å². The molecule has 0 amide bonds. The second-order valence-electron chi connectivity index (χ2n) is 13.4. The van der Waals surface area contributed by atoms with Crippen molar-refractivity contribution in [2.24, 2.45) is 0 Å². The zero-order valence-electron chi connectivity index (χ0n) is 29.5. The summed E-state index contributed by atoms with van der Waals surface area (Å²) in [6.45, 7) is 5.25. The summed E-state index contributed by atoms with van der Waals surface area (Å²) in [5.74, 6) is 0. The molecule has 0 unspecified atom stereocenters. The van der Waals surface area contributed by atoms with Crippen LogP contribution in [0.25, 0.3) is 105 Å². The van der Waals surface area contributed by atoms with Gasteiger partial charge in [-0.1, -0.05) is 72.8 Å². The molecule has 0 aliphatic carbocycles. The minimum Gasteiger partial charge on any atom is -0.456 e. The number of allylic oxidation sites excluding steroid dienone is 1. The molecule has 0 aliphatic heterocycles. The Labute approximate surface area is 311 Å². The molecule has 54 heavy (non-hydrogen) atoms. The van der Waals surface area contributed by atoms with Crippen molar-refractivity contribution < 1.29 is 8.83 Å². The monoisotopic (exact) mass is 695 g/mol. The van der Waals surface area contributed by atoms with Crippen LogP contribution in [0.15, 0.2) is 186 Å². The van der Waals surface area contributed by atoms with Gasteiger partial charge in [-0.3, -0.25) is 9.97 Å². The van der Waals surface area contributed by atoms with Crippen molar-refractivity contribution in [1.29, 1.82) is 0 Å². The van der Waals surface area contributed by atoms with E-state index in [0.29, 0.717) is 0 Å². The smallest absolute Gasteiger partial charge is 0.135 e.